The van der Waals surface area contributed by atoms with E-state index in [1.807, 2.05) is 48.5 Å². The van der Waals surface area contributed by atoms with Crippen LogP contribution in [0.3, 0.4) is 0 Å². The predicted molar refractivity (Wildman–Crippen MR) is 101 cm³/mol. The molecule has 6 nitrogen and oxygen atoms in total. The van der Waals surface area contributed by atoms with Gasteiger partial charge < -0.3 is 29.0 Å². The van der Waals surface area contributed by atoms with E-state index in [4.69, 9.17) is 23.7 Å². The monoisotopic (exact) mass is 361 g/mol. The van der Waals surface area contributed by atoms with Crippen molar-refractivity contribution in [1.82, 2.24) is 0 Å². The lowest BCUT2D eigenvalue weighted by Crippen LogP contribution is -2.23. The molecule has 0 bridgehead atoms. The summed E-state index contributed by atoms with van der Waals surface area (Å²) >= 11 is 0. The summed E-state index contributed by atoms with van der Waals surface area (Å²) in [7, 11) is 4.83. The summed E-state index contributed by atoms with van der Waals surface area (Å²) in [6, 6.07) is 15.7. The largest absolute Gasteiger partial charge is 0.493 e. The van der Waals surface area contributed by atoms with Crippen LogP contribution >= 0.6 is 0 Å². The van der Waals surface area contributed by atoms with E-state index in [1.165, 1.54) is 0 Å². The summed E-state index contributed by atoms with van der Waals surface area (Å²) in [5.74, 6) is 1.33. The Labute approximate surface area is 155 Å². The zero-order valence-electron chi connectivity index (χ0n) is 15.6. The second-order valence-electron chi connectivity index (χ2n) is 5.53. The van der Waals surface area contributed by atoms with Gasteiger partial charge in [0.05, 0.1) is 26.9 Å². The molecular formula is C20H27NO5. The van der Waals surface area contributed by atoms with E-state index in [-0.39, 0.29) is 6.29 Å². The molecule has 0 aliphatic rings. The maximum Gasteiger partial charge on any atom is 0.173 e. The van der Waals surface area contributed by atoms with Crippen LogP contribution in [-0.2, 0) is 20.8 Å². The molecular weight excluding hydrogens is 334 g/mol. The number of nitrogens with one attached hydrogen (secondary N) is 1. The fourth-order valence-electron chi connectivity index (χ4n) is 2.34. The van der Waals surface area contributed by atoms with Crippen molar-refractivity contribution in [3.63, 3.8) is 0 Å². The van der Waals surface area contributed by atoms with Gasteiger partial charge in [-0.3, -0.25) is 0 Å². The van der Waals surface area contributed by atoms with Crippen molar-refractivity contribution in [2.45, 2.75) is 12.9 Å². The van der Waals surface area contributed by atoms with Gasteiger partial charge in [-0.25, -0.2) is 0 Å². The summed E-state index contributed by atoms with van der Waals surface area (Å²) in [6.07, 6.45) is -0.312. The maximum atomic E-state index is 5.81. The minimum Gasteiger partial charge on any atom is -0.493 e. The molecule has 26 heavy (non-hydrogen) atoms. The molecule has 0 spiro atoms. The number of anilines is 1. The van der Waals surface area contributed by atoms with E-state index in [2.05, 4.69) is 5.32 Å². The van der Waals surface area contributed by atoms with Crippen molar-refractivity contribution in [2.75, 3.05) is 46.4 Å². The first-order valence-corrected chi connectivity index (χ1v) is 8.48. The SMILES string of the molecule is COc1ccc(NCC(OC)OC)cc1OCCOCc1ccccc1. The molecule has 2 rings (SSSR count). The van der Waals surface area contributed by atoms with E-state index >= 15 is 0 Å². The molecule has 0 fully saturated rings. The highest BCUT2D eigenvalue weighted by atomic mass is 16.7. The highest BCUT2D eigenvalue weighted by Crippen LogP contribution is 2.30. The topological polar surface area (TPSA) is 58.2 Å². The average Bonchev–Trinajstić information content (AvgIpc) is 2.69. The highest BCUT2D eigenvalue weighted by Gasteiger charge is 2.08. The van der Waals surface area contributed by atoms with Crippen LogP contribution in [0.5, 0.6) is 11.5 Å². The van der Waals surface area contributed by atoms with Crippen LogP contribution in [0, 0.1) is 0 Å². The quantitative estimate of drug-likeness (QED) is 0.462. The highest BCUT2D eigenvalue weighted by molar-refractivity contribution is 5.54. The fraction of sp³-hybridized carbons (Fsp3) is 0.400. The van der Waals surface area contributed by atoms with E-state index in [0.717, 1.165) is 11.3 Å². The van der Waals surface area contributed by atoms with Gasteiger partial charge in [0.1, 0.15) is 6.61 Å². The van der Waals surface area contributed by atoms with Crippen molar-refractivity contribution in [3.05, 3.63) is 54.1 Å². The number of hydrogen-bond acceptors (Lipinski definition) is 6. The van der Waals surface area contributed by atoms with Crippen LogP contribution in [-0.4, -0.2) is 47.4 Å². The first-order chi connectivity index (χ1) is 12.8. The Morgan fingerprint density at radius 1 is 0.885 bits per heavy atom. The smallest absolute Gasteiger partial charge is 0.173 e. The molecule has 0 aliphatic heterocycles. The third-order valence-corrected chi connectivity index (χ3v) is 3.76. The molecule has 0 saturated carbocycles. The summed E-state index contributed by atoms with van der Waals surface area (Å²) in [6.45, 7) is 2.02. The van der Waals surface area contributed by atoms with Crippen molar-refractivity contribution in [1.29, 1.82) is 0 Å². The van der Waals surface area contributed by atoms with E-state index in [1.54, 1.807) is 21.3 Å². The van der Waals surface area contributed by atoms with Gasteiger partial charge in [-0.1, -0.05) is 30.3 Å². The molecule has 0 radical (unpaired) electrons. The second kappa shape index (κ2) is 11.4. The molecule has 0 unspecified atom stereocenters. The zero-order chi connectivity index (χ0) is 18.6. The van der Waals surface area contributed by atoms with E-state index < -0.39 is 0 Å². The Hall–Kier alpha value is -2.28. The minimum atomic E-state index is -0.312. The maximum absolute atomic E-state index is 5.81. The first kappa shape index (κ1) is 20.0. The molecule has 0 saturated heterocycles. The van der Waals surface area contributed by atoms with E-state index in [9.17, 15) is 0 Å². The fourth-order valence-corrected chi connectivity index (χ4v) is 2.34. The zero-order valence-corrected chi connectivity index (χ0v) is 15.6. The van der Waals surface area contributed by atoms with Crippen molar-refractivity contribution < 1.29 is 23.7 Å². The van der Waals surface area contributed by atoms with Gasteiger partial charge in [0.25, 0.3) is 0 Å². The van der Waals surface area contributed by atoms with Crippen molar-refractivity contribution in [2.24, 2.45) is 0 Å². The van der Waals surface area contributed by atoms with Crippen LogP contribution < -0.4 is 14.8 Å². The molecule has 6 heteroatoms. The Kier molecular flexibility index (Phi) is 8.75. The Bertz CT molecular complexity index is 631. The molecule has 2 aromatic carbocycles. The summed E-state index contributed by atoms with van der Waals surface area (Å²) < 4.78 is 27.1. The summed E-state index contributed by atoms with van der Waals surface area (Å²) in [5, 5.41) is 3.24. The Morgan fingerprint density at radius 2 is 1.65 bits per heavy atom. The number of rotatable bonds is 12. The molecule has 0 atom stereocenters. The van der Waals surface area contributed by atoms with Gasteiger partial charge >= 0.3 is 0 Å². The lowest BCUT2D eigenvalue weighted by Gasteiger charge is -2.16. The van der Waals surface area contributed by atoms with Gasteiger partial charge in [0, 0.05) is 26.0 Å². The van der Waals surface area contributed by atoms with E-state index in [0.29, 0.717) is 37.9 Å². The van der Waals surface area contributed by atoms with Gasteiger partial charge in [0.15, 0.2) is 17.8 Å². The van der Waals surface area contributed by atoms with Crippen LogP contribution in [0.4, 0.5) is 5.69 Å². The minimum absolute atomic E-state index is 0.312. The molecule has 142 valence electrons. The molecule has 2 aromatic rings. The molecule has 0 amide bonds. The average molecular weight is 361 g/mol. The van der Waals surface area contributed by atoms with Crippen LogP contribution in [0.25, 0.3) is 0 Å². The standard InChI is InChI=1S/C20H27NO5/c1-22-18-10-9-17(21-14-20(23-2)24-3)13-19(18)26-12-11-25-15-16-7-5-4-6-8-16/h4-10,13,20-21H,11-12,14-15H2,1-3H3. The lowest BCUT2D eigenvalue weighted by molar-refractivity contribution is -0.0914. The number of benzene rings is 2. The summed E-state index contributed by atoms with van der Waals surface area (Å²) in [5.41, 5.74) is 2.03. The third-order valence-electron chi connectivity index (χ3n) is 3.76. The number of methoxy groups -OCH3 is 3. The van der Waals surface area contributed by atoms with Gasteiger partial charge in [0.2, 0.25) is 0 Å². The van der Waals surface area contributed by atoms with Gasteiger partial charge in [-0.2, -0.15) is 0 Å². The predicted octanol–water partition coefficient (Wildman–Crippen LogP) is 3.32. The lowest BCUT2D eigenvalue weighted by atomic mass is 10.2. The van der Waals surface area contributed by atoms with Crippen LogP contribution in [0.15, 0.2) is 48.5 Å². The number of hydrogen-bond donors (Lipinski definition) is 1. The first-order valence-electron chi connectivity index (χ1n) is 8.48. The third kappa shape index (κ3) is 6.55. The van der Waals surface area contributed by atoms with Crippen LogP contribution in [0.1, 0.15) is 5.56 Å². The normalized spacial score (nSPS) is 10.8. The molecule has 0 aromatic heterocycles. The number of ether oxygens (including phenoxy) is 5. The summed E-state index contributed by atoms with van der Waals surface area (Å²) in [4.78, 5) is 0. The van der Waals surface area contributed by atoms with Gasteiger partial charge in [-0.05, 0) is 17.7 Å². The van der Waals surface area contributed by atoms with Crippen molar-refractivity contribution in [3.8, 4) is 11.5 Å². The second-order valence-corrected chi connectivity index (χ2v) is 5.53. The molecule has 1 N–H and O–H groups in total. The molecule has 0 aliphatic carbocycles. The Morgan fingerprint density at radius 3 is 2.35 bits per heavy atom. The van der Waals surface area contributed by atoms with Gasteiger partial charge in [-0.15, -0.1) is 0 Å². The van der Waals surface area contributed by atoms with Crippen molar-refractivity contribution >= 4 is 5.69 Å². The Balaban J connectivity index is 1.81. The molecule has 0 heterocycles. The van der Waals surface area contributed by atoms with Crippen LogP contribution in [0.2, 0.25) is 0 Å².